The van der Waals surface area contributed by atoms with Crippen molar-refractivity contribution in [2.24, 2.45) is 28.6 Å². The Morgan fingerprint density at radius 1 is 1.00 bits per heavy atom. The maximum absolute atomic E-state index is 11.9. The average Bonchev–Trinajstić information content (AvgIpc) is 2.83. The predicted octanol–water partition coefficient (Wildman–Crippen LogP) is 5.70. The Morgan fingerprint density at radius 3 is 2.48 bits per heavy atom. The molecule has 3 fully saturated rings. The minimum Gasteiger partial charge on any atom is -0.372 e. The lowest BCUT2D eigenvalue weighted by Crippen LogP contribution is -2.52. The van der Waals surface area contributed by atoms with Crippen LogP contribution in [0.1, 0.15) is 86.0 Å². The Labute approximate surface area is 153 Å². The van der Waals surface area contributed by atoms with Gasteiger partial charge in [0.1, 0.15) is 0 Å². The van der Waals surface area contributed by atoms with E-state index < -0.39 is 0 Å². The summed E-state index contributed by atoms with van der Waals surface area (Å²) in [5.41, 5.74) is 2.09. The zero-order valence-electron chi connectivity index (χ0n) is 16.9. The van der Waals surface area contributed by atoms with Crippen molar-refractivity contribution >= 4 is 5.78 Å². The zero-order valence-corrected chi connectivity index (χ0v) is 16.9. The summed E-state index contributed by atoms with van der Waals surface area (Å²) in [6, 6.07) is 0. The molecule has 0 unspecified atom stereocenters. The van der Waals surface area contributed by atoms with E-state index in [0.717, 1.165) is 37.0 Å². The fourth-order valence-electron chi connectivity index (χ4n) is 7.13. The van der Waals surface area contributed by atoms with Crippen LogP contribution in [0.4, 0.5) is 0 Å². The number of allylic oxidation sites excluding steroid dienone is 1. The van der Waals surface area contributed by atoms with Crippen LogP contribution in [0.3, 0.4) is 0 Å². The Kier molecular flexibility index (Phi) is 4.04. The summed E-state index contributed by atoms with van der Waals surface area (Å²) in [5.74, 6) is 2.80. The van der Waals surface area contributed by atoms with Crippen molar-refractivity contribution in [3.05, 3.63) is 11.6 Å². The Bertz CT molecular complexity index is 598. The van der Waals surface area contributed by atoms with Gasteiger partial charge in [-0.25, -0.2) is 0 Å². The highest BCUT2D eigenvalue weighted by Gasteiger charge is 2.59. The first-order chi connectivity index (χ1) is 11.6. The molecule has 4 aliphatic rings. The van der Waals surface area contributed by atoms with E-state index in [1.54, 1.807) is 0 Å². The number of carbonyl (C=O) groups is 1. The predicted molar refractivity (Wildman–Crippen MR) is 101 cm³/mol. The summed E-state index contributed by atoms with van der Waals surface area (Å²) < 4.78 is 6.54. The van der Waals surface area contributed by atoms with Crippen molar-refractivity contribution in [2.75, 3.05) is 0 Å². The summed E-state index contributed by atoms with van der Waals surface area (Å²) >= 11 is 0. The summed E-state index contributed by atoms with van der Waals surface area (Å²) in [7, 11) is 0. The fourth-order valence-corrected chi connectivity index (χ4v) is 7.13. The fraction of sp³-hybridized carbons (Fsp3) is 0.870. The van der Waals surface area contributed by atoms with Gasteiger partial charge in [0, 0.05) is 6.42 Å². The number of fused-ring (bicyclic) bond motifs is 5. The molecule has 0 saturated heterocycles. The van der Waals surface area contributed by atoms with Crippen molar-refractivity contribution in [1.29, 1.82) is 0 Å². The summed E-state index contributed by atoms with van der Waals surface area (Å²) in [5, 5.41) is 0. The van der Waals surface area contributed by atoms with Crippen LogP contribution < -0.4 is 0 Å². The van der Waals surface area contributed by atoms with Crippen LogP contribution in [0.15, 0.2) is 11.6 Å². The summed E-state index contributed by atoms with van der Waals surface area (Å²) in [4.78, 5) is 11.9. The first-order valence-corrected chi connectivity index (χ1v) is 10.6. The SMILES string of the molecule is CC(C)(C)O[C@H]1CC[C@H]2[C@@H]3CCC4=[14CH]C(=O)CC[C@]4(C)[C@H]3CC[C@]12C. The molecule has 0 heterocycles. The molecule has 2 nitrogen and oxygen atoms in total. The van der Waals surface area contributed by atoms with Crippen molar-refractivity contribution in [1.82, 2.24) is 0 Å². The van der Waals surface area contributed by atoms with Crippen molar-refractivity contribution in [2.45, 2.75) is 97.7 Å². The van der Waals surface area contributed by atoms with E-state index in [-0.39, 0.29) is 5.60 Å². The molecular weight excluding hydrogens is 310 g/mol. The minimum atomic E-state index is -0.0440. The maximum Gasteiger partial charge on any atom is 0.155 e. The van der Waals surface area contributed by atoms with Crippen molar-refractivity contribution in [3.8, 4) is 0 Å². The summed E-state index contributed by atoms with van der Waals surface area (Å²) in [6.45, 7) is 11.6. The quantitative estimate of drug-likeness (QED) is 0.608. The normalized spacial score (nSPS) is 46.9. The van der Waals surface area contributed by atoms with Gasteiger partial charge in [-0.05, 0) is 100 Å². The molecule has 0 spiro atoms. The number of hydrogen-bond acceptors (Lipinski definition) is 2. The van der Waals surface area contributed by atoms with Gasteiger partial charge in [0.15, 0.2) is 5.78 Å². The highest BCUT2D eigenvalue weighted by molar-refractivity contribution is 5.91. The largest absolute Gasteiger partial charge is 0.372 e. The molecule has 0 amide bonds. The van der Waals surface area contributed by atoms with E-state index in [4.69, 9.17) is 4.74 Å². The number of ether oxygens (including phenoxy) is 1. The van der Waals surface area contributed by atoms with Crippen LogP contribution in [0, 0.1) is 28.6 Å². The molecule has 2 heteroatoms. The lowest BCUT2D eigenvalue weighted by Gasteiger charge is -2.58. The third kappa shape index (κ3) is 2.74. The molecule has 0 aromatic rings. The first-order valence-electron chi connectivity index (χ1n) is 10.6. The molecule has 0 aromatic heterocycles. The molecule has 0 aromatic carbocycles. The molecule has 3 saturated carbocycles. The minimum absolute atomic E-state index is 0.0440. The molecule has 140 valence electrons. The second kappa shape index (κ2) is 5.68. The molecule has 4 rings (SSSR count). The van der Waals surface area contributed by atoms with Crippen LogP contribution >= 0.6 is 0 Å². The van der Waals surface area contributed by atoms with E-state index in [9.17, 15) is 4.79 Å². The van der Waals surface area contributed by atoms with Crippen LogP contribution in [0.5, 0.6) is 0 Å². The zero-order chi connectivity index (χ0) is 18.0. The van der Waals surface area contributed by atoms with Gasteiger partial charge in [0.25, 0.3) is 0 Å². The van der Waals surface area contributed by atoms with E-state index in [1.165, 1.54) is 37.7 Å². The molecular formula is C23H36O2. The number of hydrogen-bond donors (Lipinski definition) is 0. The van der Waals surface area contributed by atoms with Gasteiger partial charge in [0.2, 0.25) is 0 Å². The number of ketones is 1. The van der Waals surface area contributed by atoms with Crippen molar-refractivity contribution < 1.29 is 9.53 Å². The highest BCUT2D eigenvalue weighted by atomic mass is 16.5. The Hall–Kier alpha value is -0.630. The van der Waals surface area contributed by atoms with E-state index in [1.807, 2.05) is 6.08 Å². The van der Waals surface area contributed by atoms with Crippen LogP contribution in [-0.4, -0.2) is 17.5 Å². The molecule has 0 bridgehead atoms. The monoisotopic (exact) mass is 346 g/mol. The first kappa shape index (κ1) is 17.8. The van der Waals surface area contributed by atoms with Gasteiger partial charge in [0.05, 0.1) is 11.7 Å². The molecule has 6 atom stereocenters. The van der Waals surface area contributed by atoms with Gasteiger partial charge in [-0.1, -0.05) is 19.4 Å². The second-order valence-corrected chi connectivity index (χ2v) is 10.8. The third-order valence-electron chi connectivity index (χ3n) is 8.37. The number of carbonyl (C=O) groups excluding carboxylic acids is 1. The van der Waals surface area contributed by atoms with Crippen LogP contribution in [-0.2, 0) is 9.53 Å². The molecule has 25 heavy (non-hydrogen) atoms. The van der Waals surface area contributed by atoms with E-state index in [2.05, 4.69) is 34.6 Å². The van der Waals surface area contributed by atoms with E-state index in [0.29, 0.717) is 22.7 Å². The molecule has 0 radical (unpaired) electrons. The van der Waals surface area contributed by atoms with Gasteiger partial charge in [-0.3, -0.25) is 4.79 Å². The standard InChI is InChI=1S/C23H36O2/c1-21(2,3)25-20-9-8-18-17-7-6-15-14-16(24)10-12-22(15,4)19(17)11-13-23(18,20)5/h14,17-20H,6-13H2,1-5H3/t17-,18-,19-,20-,22-,23-/m0/s1/i14+2. The highest BCUT2D eigenvalue weighted by Crippen LogP contribution is 2.65. The van der Waals surface area contributed by atoms with Gasteiger partial charge < -0.3 is 4.74 Å². The van der Waals surface area contributed by atoms with Gasteiger partial charge >= 0.3 is 0 Å². The average molecular weight is 347 g/mol. The topological polar surface area (TPSA) is 26.3 Å². The Morgan fingerprint density at radius 2 is 1.76 bits per heavy atom. The van der Waals surface area contributed by atoms with Gasteiger partial charge in [-0.15, -0.1) is 0 Å². The molecule has 4 aliphatic carbocycles. The lowest BCUT2D eigenvalue weighted by molar-refractivity contribution is -0.139. The summed E-state index contributed by atoms with van der Waals surface area (Å²) in [6.07, 6.45) is 11.9. The Balaban J connectivity index is 1.60. The van der Waals surface area contributed by atoms with Crippen LogP contribution in [0.2, 0.25) is 0 Å². The lowest BCUT2D eigenvalue weighted by atomic mass is 9.48. The molecule has 0 aliphatic heterocycles. The van der Waals surface area contributed by atoms with Crippen molar-refractivity contribution in [3.63, 3.8) is 0 Å². The van der Waals surface area contributed by atoms with E-state index >= 15 is 0 Å². The smallest absolute Gasteiger partial charge is 0.155 e. The van der Waals surface area contributed by atoms with Gasteiger partial charge in [-0.2, -0.15) is 0 Å². The third-order valence-corrected chi connectivity index (χ3v) is 8.37. The number of rotatable bonds is 1. The maximum atomic E-state index is 11.9. The molecule has 0 N–H and O–H groups in total. The van der Waals surface area contributed by atoms with Crippen LogP contribution in [0.25, 0.3) is 0 Å². The second-order valence-electron chi connectivity index (χ2n) is 10.8.